The van der Waals surface area contributed by atoms with Gasteiger partial charge in [-0.2, -0.15) is 8.78 Å². The Kier molecular flexibility index (Phi) is 12.4. The molecule has 0 amide bonds. The van der Waals surface area contributed by atoms with Crippen LogP contribution in [0.3, 0.4) is 0 Å². The molecule has 184 valence electrons. The van der Waals surface area contributed by atoms with Crippen LogP contribution in [-0.4, -0.2) is 12.6 Å². The number of nitrogens with zero attached hydrogens (tertiary/aromatic N) is 1. The van der Waals surface area contributed by atoms with E-state index in [1.165, 1.54) is 6.08 Å². The molecule has 0 aromatic rings. The number of ether oxygens (including phenoxy) is 1. The summed E-state index contributed by atoms with van der Waals surface area (Å²) in [6, 6.07) is 0. The Labute approximate surface area is 202 Å². The minimum Gasteiger partial charge on any atom is -0.487 e. The van der Waals surface area contributed by atoms with Crippen molar-refractivity contribution in [1.82, 2.24) is 0 Å². The van der Waals surface area contributed by atoms with Crippen LogP contribution in [0.4, 0.5) is 22.0 Å². The van der Waals surface area contributed by atoms with Gasteiger partial charge in [0.1, 0.15) is 6.61 Å². The van der Waals surface area contributed by atoms with E-state index >= 15 is 0 Å². The lowest BCUT2D eigenvalue weighted by atomic mass is 10.0. The van der Waals surface area contributed by atoms with Crippen LogP contribution in [0.15, 0.2) is 163 Å². The van der Waals surface area contributed by atoms with Gasteiger partial charge in [-0.15, -0.1) is 0 Å². The van der Waals surface area contributed by atoms with E-state index in [2.05, 4.69) is 70.8 Å². The molecule has 0 spiro atoms. The molecule has 2 nitrogen and oxygen atoms in total. The standard InChI is InChI=1S/C28H26F5NO/c1-11-15-35-23(10)27(32)25(30)20(7)18(5)14-13-17(4)19(6)24(29)26(31)21(8)22(9)34-28(33)16(3)12-2/h11-14H,1-10,15H2/b14-13-,26-24-,27-25-,34-28?. The quantitative estimate of drug-likeness (QED) is 0.0743. The maximum atomic E-state index is 14.6. The Morgan fingerprint density at radius 2 is 1.06 bits per heavy atom. The van der Waals surface area contributed by atoms with Gasteiger partial charge in [-0.1, -0.05) is 90.1 Å². The monoisotopic (exact) mass is 487 g/mol. The van der Waals surface area contributed by atoms with E-state index in [1.807, 2.05) is 0 Å². The fraction of sp³-hybridized carbons (Fsp3) is 0.0357. The average Bonchev–Trinajstić information content (AvgIpc) is 2.85. The van der Waals surface area contributed by atoms with Gasteiger partial charge in [0.15, 0.2) is 23.2 Å². The zero-order valence-corrected chi connectivity index (χ0v) is 19.3. The Morgan fingerprint density at radius 3 is 1.49 bits per heavy atom. The summed E-state index contributed by atoms with van der Waals surface area (Å²) in [5.41, 5.74) is -2.56. The SMILES string of the molecule is C=CCOC(=C)/C(F)=C(/F)C(=C)C(=C)/C=C\C(=C)C(=C)/C(F)=C(/F)C(=C)C(=C)N=C(F)C(=C)C=C. The summed E-state index contributed by atoms with van der Waals surface area (Å²) >= 11 is 0. The molecule has 0 bridgehead atoms. The smallest absolute Gasteiger partial charge is 0.220 e. The van der Waals surface area contributed by atoms with Crippen molar-refractivity contribution in [1.29, 1.82) is 0 Å². The number of allylic oxidation sites excluding steroid dienone is 12. The van der Waals surface area contributed by atoms with Gasteiger partial charge in [0, 0.05) is 22.3 Å². The molecule has 0 fully saturated rings. The molecule has 0 unspecified atom stereocenters. The lowest BCUT2D eigenvalue weighted by molar-refractivity contribution is 0.241. The predicted molar refractivity (Wildman–Crippen MR) is 136 cm³/mol. The van der Waals surface area contributed by atoms with Crippen LogP contribution in [0.1, 0.15) is 0 Å². The molecule has 0 atom stereocenters. The molecule has 0 aliphatic rings. The van der Waals surface area contributed by atoms with Crippen LogP contribution in [-0.2, 0) is 4.74 Å². The first-order valence-corrected chi connectivity index (χ1v) is 9.64. The lowest BCUT2D eigenvalue weighted by Crippen LogP contribution is -1.97. The van der Waals surface area contributed by atoms with Crippen LogP contribution in [0.25, 0.3) is 0 Å². The second-order valence-corrected chi connectivity index (χ2v) is 6.68. The summed E-state index contributed by atoms with van der Waals surface area (Å²) in [6.45, 7) is 33.7. The summed E-state index contributed by atoms with van der Waals surface area (Å²) in [7, 11) is 0. The molecule has 0 aromatic carbocycles. The van der Waals surface area contributed by atoms with E-state index < -0.39 is 57.4 Å². The zero-order valence-electron chi connectivity index (χ0n) is 19.3. The second-order valence-electron chi connectivity index (χ2n) is 6.68. The van der Waals surface area contributed by atoms with Crippen molar-refractivity contribution in [2.45, 2.75) is 0 Å². The third-order valence-electron chi connectivity index (χ3n) is 4.15. The molecule has 0 aliphatic carbocycles. The summed E-state index contributed by atoms with van der Waals surface area (Å²) in [4.78, 5) is 3.36. The van der Waals surface area contributed by atoms with Gasteiger partial charge in [-0.05, 0) is 11.1 Å². The molecule has 0 rings (SSSR count). The topological polar surface area (TPSA) is 21.6 Å². The van der Waals surface area contributed by atoms with Gasteiger partial charge < -0.3 is 4.74 Å². The molecule has 0 aliphatic heterocycles. The minimum atomic E-state index is -1.51. The first kappa shape index (κ1) is 30.7. The van der Waals surface area contributed by atoms with Crippen LogP contribution in [0.2, 0.25) is 0 Å². The van der Waals surface area contributed by atoms with E-state index in [0.29, 0.717) is 0 Å². The maximum Gasteiger partial charge on any atom is 0.220 e. The first-order valence-electron chi connectivity index (χ1n) is 9.64. The summed E-state index contributed by atoms with van der Waals surface area (Å²) < 4.78 is 76.0. The summed E-state index contributed by atoms with van der Waals surface area (Å²) in [5, 5.41) is 0. The van der Waals surface area contributed by atoms with Crippen molar-refractivity contribution in [2.24, 2.45) is 4.99 Å². The third kappa shape index (κ3) is 8.89. The highest BCUT2D eigenvalue weighted by Gasteiger charge is 2.18. The van der Waals surface area contributed by atoms with Gasteiger partial charge >= 0.3 is 0 Å². The Hall–Kier alpha value is -4.26. The maximum absolute atomic E-state index is 14.6. The summed E-state index contributed by atoms with van der Waals surface area (Å²) in [6.07, 6.45) is 4.65. The van der Waals surface area contributed by atoms with Gasteiger partial charge in [-0.25, -0.2) is 18.2 Å². The van der Waals surface area contributed by atoms with E-state index in [4.69, 9.17) is 4.74 Å². The van der Waals surface area contributed by atoms with Crippen molar-refractivity contribution in [3.63, 3.8) is 0 Å². The number of rotatable bonds is 15. The molecule has 0 radical (unpaired) electrons. The number of hydrogen-bond acceptors (Lipinski definition) is 2. The van der Waals surface area contributed by atoms with Crippen molar-refractivity contribution in [3.8, 4) is 0 Å². The lowest BCUT2D eigenvalue weighted by Gasteiger charge is -2.09. The van der Waals surface area contributed by atoms with E-state index in [-0.39, 0.29) is 23.3 Å². The number of hydrogen-bond donors (Lipinski definition) is 0. The molecule has 0 saturated heterocycles. The van der Waals surface area contributed by atoms with Crippen molar-refractivity contribution >= 4 is 5.97 Å². The summed E-state index contributed by atoms with van der Waals surface area (Å²) in [5.74, 6) is -7.41. The Bertz CT molecular complexity index is 1160. The molecule has 7 heteroatoms. The van der Waals surface area contributed by atoms with Crippen LogP contribution >= 0.6 is 0 Å². The fourth-order valence-corrected chi connectivity index (χ4v) is 1.90. The van der Waals surface area contributed by atoms with Crippen molar-refractivity contribution in [2.75, 3.05) is 6.61 Å². The molecule has 0 aromatic heterocycles. The molecule has 0 N–H and O–H groups in total. The first-order chi connectivity index (χ1) is 16.2. The highest BCUT2D eigenvalue weighted by Crippen LogP contribution is 2.31. The Balaban J connectivity index is 5.58. The van der Waals surface area contributed by atoms with E-state index in [0.717, 1.165) is 18.2 Å². The second kappa shape index (κ2) is 14.1. The van der Waals surface area contributed by atoms with Gasteiger partial charge in [-0.3, -0.25) is 0 Å². The van der Waals surface area contributed by atoms with E-state index in [9.17, 15) is 22.0 Å². The highest BCUT2D eigenvalue weighted by atomic mass is 19.2. The van der Waals surface area contributed by atoms with Gasteiger partial charge in [0.25, 0.3) is 0 Å². The normalized spacial score (nSPS) is 12.7. The average molecular weight is 488 g/mol. The number of halogens is 5. The molecule has 0 saturated carbocycles. The molecule has 35 heavy (non-hydrogen) atoms. The predicted octanol–water partition coefficient (Wildman–Crippen LogP) is 8.96. The van der Waals surface area contributed by atoms with Crippen LogP contribution in [0.5, 0.6) is 0 Å². The number of aliphatic imine (C=N–C) groups is 1. The molecular formula is C28H26F5NO. The minimum absolute atomic E-state index is 0.0877. The highest BCUT2D eigenvalue weighted by molar-refractivity contribution is 5.95. The largest absolute Gasteiger partial charge is 0.487 e. The van der Waals surface area contributed by atoms with E-state index in [1.54, 1.807) is 0 Å². The van der Waals surface area contributed by atoms with Crippen LogP contribution < -0.4 is 0 Å². The Morgan fingerprint density at radius 1 is 0.629 bits per heavy atom. The zero-order chi connectivity index (χ0) is 27.5. The molecular weight excluding hydrogens is 461 g/mol. The van der Waals surface area contributed by atoms with Crippen LogP contribution in [0, 0.1) is 0 Å². The molecule has 0 heterocycles. The van der Waals surface area contributed by atoms with Crippen molar-refractivity contribution < 1.29 is 26.7 Å². The fourth-order valence-electron chi connectivity index (χ4n) is 1.90. The van der Waals surface area contributed by atoms with Gasteiger partial charge in [0.2, 0.25) is 11.8 Å². The van der Waals surface area contributed by atoms with Gasteiger partial charge in [0.05, 0.1) is 5.70 Å². The van der Waals surface area contributed by atoms with Crippen molar-refractivity contribution in [3.05, 3.63) is 158 Å². The third-order valence-corrected chi connectivity index (χ3v) is 4.15.